The molecule has 16 heavy (non-hydrogen) atoms. The molecule has 0 amide bonds. The molecule has 2 aromatic rings. The zero-order chi connectivity index (χ0) is 11.5. The van der Waals surface area contributed by atoms with E-state index in [2.05, 4.69) is 4.98 Å². The molecule has 2 rings (SSSR count). The van der Waals surface area contributed by atoms with Gasteiger partial charge < -0.3 is 5.11 Å². The molecule has 6 heteroatoms. The van der Waals surface area contributed by atoms with Gasteiger partial charge in [-0.1, -0.05) is 12.1 Å². The number of nitrogens with zero attached hydrogens (tertiary/aromatic N) is 2. The Morgan fingerprint density at radius 1 is 1.50 bits per heavy atom. The lowest BCUT2D eigenvalue weighted by Crippen LogP contribution is -1.99. The number of aliphatic hydroxyl groups excluding tert-OH is 1. The molecule has 1 heterocycles. The van der Waals surface area contributed by atoms with Crippen LogP contribution < -0.4 is 0 Å². The first-order chi connectivity index (χ1) is 7.68. The Bertz CT molecular complexity index is 499. The predicted molar refractivity (Wildman–Crippen MR) is 59.3 cm³/mol. The zero-order valence-corrected chi connectivity index (χ0v) is 8.92. The van der Waals surface area contributed by atoms with E-state index in [1.54, 1.807) is 23.7 Å². The maximum atomic E-state index is 10.6. The van der Waals surface area contributed by atoms with Crippen molar-refractivity contribution in [3.05, 3.63) is 56.5 Å². The molecule has 0 radical (unpaired) electrons. The fourth-order valence-corrected chi connectivity index (χ4v) is 1.97. The Balaban J connectivity index is 2.34. The number of aromatic nitrogens is 1. The van der Waals surface area contributed by atoms with E-state index in [0.29, 0.717) is 10.6 Å². The molecule has 0 saturated heterocycles. The van der Waals surface area contributed by atoms with Gasteiger partial charge in [-0.2, -0.15) is 0 Å². The highest BCUT2D eigenvalue weighted by atomic mass is 32.1. The van der Waals surface area contributed by atoms with Gasteiger partial charge >= 0.3 is 0 Å². The molecule has 0 aliphatic carbocycles. The van der Waals surface area contributed by atoms with Gasteiger partial charge in [0.25, 0.3) is 5.69 Å². The zero-order valence-electron chi connectivity index (χ0n) is 8.11. The van der Waals surface area contributed by atoms with Gasteiger partial charge in [0.2, 0.25) is 0 Å². The summed E-state index contributed by atoms with van der Waals surface area (Å²) in [5.74, 6) is 0. The van der Waals surface area contributed by atoms with Crippen LogP contribution in [0.3, 0.4) is 0 Å². The lowest BCUT2D eigenvalue weighted by molar-refractivity contribution is -0.385. The number of rotatable bonds is 3. The number of nitro benzene ring substituents is 1. The van der Waals surface area contributed by atoms with Gasteiger partial charge in [0.05, 0.1) is 4.92 Å². The van der Waals surface area contributed by atoms with Crippen LogP contribution in [-0.2, 0) is 0 Å². The molecule has 82 valence electrons. The summed E-state index contributed by atoms with van der Waals surface area (Å²) in [5, 5.41) is 22.8. The topological polar surface area (TPSA) is 76.3 Å². The molecular formula is C10H8N2O3S. The average Bonchev–Trinajstić information content (AvgIpc) is 2.81. The number of thiazole rings is 1. The van der Waals surface area contributed by atoms with Crippen LogP contribution in [0.1, 0.15) is 16.7 Å². The first-order valence-corrected chi connectivity index (χ1v) is 5.38. The van der Waals surface area contributed by atoms with E-state index in [1.165, 1.54) is 23.5 Å². The number of non-ortho nitro benzene ring substituents is 1. The van der Waals surface area contributed by atoms with Gasteiger partial charge in [-0.05, 0) is 5.56 Å². The van der Waals surface area contributed by atoms with Gasteiger partial charge in [0.1, 0.15) is 11.1 Å². The smallest absolute Gasteiger partial charge is 0.269 e. The monoisotopic (exact) mass is 236 g/mol. The summed E-state index contributed by atoms with van der Waals surface area (Å²) in [6.45, 7) is 0. The minimum atomic E-state index is -0.903. The third kappa shape index (κ3) is 2.07. The second-order valence-electron chi connectivity index (χ2n) is 3.12. The largest absolute Gasteiger partial charge is 0.381 e. The van der Waals surface area contributed by atoms with E-state index in [4.69, 9.17) is 0 Å². The van der Waals surface area contributed by atoms with E-state index in [1.807, 2.05) is 0 Å². The Morgan fingerprint density at radius 2 is 2.31 bits per heavy atom. The van der Waals surface area contributed by atoms with Crippen LogP contribution in [0.15, 0.2) is 35.8 Å². The molecule has 0 aliphatic rings. The number of aliphatic hydroxyl groups is 1. The summed E-state index contributed by atoms with van der Waals surface area (Å²) >= 11 is 1.31. The summed E-state index contributed by atoms with van der Waals surface area (Å²) in [5.41, 5.74) is 0.442. The number of nitro groups is 1. The normalized spacial score (nSPS) is 12.3. The van der Waals surface area contributed by atoms with Crippen molar-refractivity contribution >= 4 is 17.0 Å². The minimum absolute atomic E-state index is 0.0342. The van der Waals surface area contributed by atoms with Crippen LogP contribution in [-0.4, -0.2) is 15.0 Å². The lowest BCUT2D eigenvalue weighted by Gasteiger charge is -2.06. The minimum Gasteiger partial charge on any atom is -0.381 e. The molecular weight excluding hydrogens is 228 g/mol. The highest BCUT2D eigenvalue weighted by Gasteiger charge is 2.15. The molecule has 1 unspecified atom stereocenters. The molecule has 1 aromatic heterocycles. The van der Waals surface area contributed by atoms with E-state index in [9.17, 15) is 15.2 Å². The maximum Gasteiger partial charge on any atom is 0.269 e. The summed E-state index contributed by atoms with van der Waals surface area (Å²) in [6.07, 6.45) is 0.681. The third-order valence-corrected chi connectivity index (χ3v) is 2.91. The van der Waals surface area contributed by atoms with Crippen molar-refractivity contribution in [2.75, 3.05) is 0 Å². The molecule has 0 spiro atoms. The van der Waals surface area contributed by atoms with Gasteiger partial charge in [0, 0.05) is 23.7 Å². The summed E-state index contributed by atoms with van der Waals surface area (Å²) in [7, 11) is 0. The van der Waals surface area contributed by atoms with Crippen LogP contribution in [0.2, 0.25) is 0 Å². The molecule has 0 bridgehead atoms. The second kappa shape index (κ2) is 4.38. The van der Waals surface area contributed by atoms with Crippen molar-refractivity contribution in [2.24, 2.45) is 0 Å². The summed E-state index contributed by atoms with van der Waals surface area (Å²) < 4.78 is 0. The van der Waals surface area contributed by atoms with E-state index in [0.717, 1.165) is 0 Å². The molecule has 0 aliphatic heterocycles. The van der Waals surface area contributed by atoms with Gasteiger partial charge in [0.15, 0.2) is 0 Å². The number of benzene rings is 1. The van der Waals surface area contributed by atoms with Crippen molar-refractivity contribution in [1.82, 2.24) is 4.98 Å². The molecule has 1 N–H and O–H groups in total. The van der Waals surface area contributed by atoms with Crippen molar-refractivity contribution in [3.63, 3.8) is 0 Å². The summed E-state index contributed by atoms with van der Waals surface area (Å²) in [6, 6.07) is 5.92. The standard InChI is InChI=1S/C10H8N2O3S/c13-9(10-11-4-5-16-10)7-2-1-3-8(6-7)12(14)15/h1-6,9,13H. The fraction of sp³-hybridized carbons (Fsp3) is 0.100. The molecule has 0 saturated carbocycles. The second-order valence-corrected chi connectivity index (χ2v) is 4.05. The number of hydrogen-bond acceptors (Lipinski definition) is 5. The van der Waals surface area contributed by atoms with Gasteiger partial charge in [-0.3, -0.25) is 10.1 Å². The predicted octanol–water partition coefficient (Wildman–Crippen LogP) is 2.13. The van der Waals surface area contributed by atoms with Crippen molar-refractivity contribution < 1.29 is 10.0 Å². The fourth-order valence-electron chi connectivity index (χ4n) is 1.32. The maximum absolute atomic E-state index is 10.6. The van der Waals surface area contributed by atoms with Crippen LogP contribution in [0.4, 0.5) is 5.69 Å². The lowest BCUT2D eigenvalue weighted by atomic mass is 10.1. The molecule has 0 fully saturated rings. The quantitative estimate of drug-likeness (QED) is 0.654. The van der Waals surface area contributed by atoms with E-state index < -0.39 is 11.0 Å². The van der Waals surface area contributed by atoms with Crippen LogP contribution in [0.25, 0.3) is 0 Å². The third-order valence-electron chi connectivity index (χ3n) is 2.08. The Labute approximate surface area is 95.2 Å². The Kier molecular flexibility index (Phi) is 2.93. The van der Waals surface area contributed by atoms with Crippen molar-refractivity contribution in [1.29, 1.82) is 0 Å². The van der Waals surface area contributed by atoms with Gasteiger partial charge in [-0.15, -0.1) is 11.3 Å². The Hall–Kier alpha value is -1.79. The van der Waals surface area contributed by atoms with Gasteiger partial charge in [-0.25, -0.2) is 4.98 Å². The van der Waals surface area contributed by atoms with Crippen LogP contribution in [0.5, 0.6) is 0 Å². The van der Waals surface area contributed by atoms with E-state index >= 15 is 0 Å². The highest BCUT2D eigenvalue weighted by molar-refractivity contribution is 7.09. The average molecular weight is 236 g/mol. The van der Waals surface area contributed by atoms with Crippen molar-refractivity contribution in [3.8, 4) is 0 Å². The first kappa shape index (κ1) is 10.7. The number of hydrogen-bond donors (Lipinski definition) is 1. The first-order valence-electron chi connectivity index (χ1n) is 4.50. The summed E-state index contributed by atoms with van der Waals surface area (Å²) in [4.78, 5) is 14.1. The van der Waals surface area contributed by atoms with E-state index in [-0.39, 0.29) is 5.69 Å². The molecule has 1 atom stereocenters. The van der Waals surface area contributed by atoms with Crippen LogP contribution >= 0.6 is 11.3 Å². The molecule has 1 aromatic carbocycles. The SMILES string of the molecule is O=[N+]([O-])c1cccc(C(O)c2nccs2)c1. The van der Waals surface area contributed by atoms with Crippen molar-refractivity contribution in [2.45, 2.75) is 6.10 Å². The van der Waals surface area contributed by atoms with Crippen LogP contribution in [0, 0.1) is 10.1 Å². The Morgan fingerprint density at radius 3 is 2.94 bits per heavy atom. The highest BCUT2D eigenvalue weighted by Crippen LogP contribution is 2.25. The molecule has 5 nitrogen and oxygen atoms in total.